The molecule has 3 atom stereocenters. The van der Waals surface area contributed by atoms with Crippen molar-refractivity contribution in [1.82, 2.24) is 0 Å². The minimum Gasteiger partial charge on any atom is -0.455 e. The van der Waals surface area contributed by atoms with E-state index in [1.807, 2.05) is 0 Å². The lowest BCUT2D eigenvalue weighted by Gasteiger charge is -2.50. The molecule has 1 aliphatic carbocycles. The number of rotatable bonds is 3. The molecule has 0 aliphatic heterocycles. The minimum atomic E-state index is -5.26. The molecule has 0 aromatic carbocycles. The molecule has 3 unspecified atom stereocenters. The van der Waals surface area contributed by atoms with Gasteiger partial charge < -0.3 is 9.84 Å². The zero-order valence-corrected chi connectivity index (χ0v) is 13.9. The van der Waals surface area contributed by atoms with E-state index in [2.05, 4.69) is 0 Å². The number of carbonyl (C=O) groups excluding carboxylic acids is 1. The van der Waals surface area contributed by atoms with Gasteiger partial charge in [-0.2, -0.15) is 13.2 Å². The molecule has 8 heteroatoms. The van der Waals surface area contributed by atoms with E-state index in [1.54, 1.807) is 6.92 Å². The summed E-state index contributed by atoms with van der Waals surface area (Å²) in [5.41, 5.74) is -6.61. The molecule has 136 valence electrons. The molecule has 1 fully saturated rings. The quantitative estimate of drug-likeness (QED) is 0.619. The van der Waals surface area contributed by atoms with Crippen molar-refractivity contribution in [1.29, 1.82) is 0 Å². The van der Waals surface area contributed by atoms with Crippen molar-refractivity contribution in [3.05, 3.63) is 0 Å². The second-order valence-electron chi connectivity index (χ2n) is 7.46. The molecule has 1 saturated carbocycles. The molecule has 0 radical (unpaired) electrons. The van der Waals surface area contributed by atoms with Crippen LogP contribution in [0.15, 0.2) is 0 Å². The van der Waals surface area contributed by atoms with Gasteiger partial charge in [-0.05, 0) is 40.5 Å². The molecule has 23 heavy (non-hydrogen) atoms. The molecule has 0 heterocycles. The normalized spacial score (nSPS) is 35.0. The molecule has 0 amide bonds. The van der Waals surface area contributed by atoms with Crippen LogP contribution in [0.4, 0.5) is 22.0 Å². The first-order chi connectivity index (χ1) is 10.0. The topological polar surface area (TPSA) is 46.5 Å². The fourth-order valence-electron chi connectivity index (χ4n) is 2.67. The lowest BCUT2D eigenvalue weighted by atomic mass is 9.64. The zero-order chi connectivity index (χ0) is 18.5. The number of carbonyl (C=O) groups is 1. The average Bonchev–Trinajstić information content (AvgIpc) is 2.33. The Labute approximate surface area is 132 Å². The first-order valence-corrected chi connectivity index (χ1v) is 7.38. The monoisotopic (exact) mass is 346 g/mol. The summed E-state index contributed by atoms with van der Waals surface area (Å²) in [4.78, 5) is 12.0. The third-order valence-corrected chi connectivity index (χ3v) is 4.81. The number of alkyl halides is 5. The number of hydrogen-bond acceptors (Lipinski definition) is 3. The molecule has 0 saturated heterocycles. The fourth-order valence-corrected chi connectivity index (χ4v) is 2.67. The number of hydrogen-bond donors (Lipinski definition) is 1. The van der Waals surface area contributed by atoms with E-state index in [-0.39, 0.29) is 6.42 Å². The Morgan fingerprint density at radius 1 is 1.26 bits per heavy atom. The molecular formula is C15H23F5O3. The van der Waals surface area contributed by atoms with E-state index in [0.717, 1.165) is 6.92 Å². The Morgan fingerprint density at radius 2 is 1.74 bits per heavy atom. The molecule has 0 spiro atoms. The van der Waals surface area contributed by atoms with Crippen LogP contribution in [0.1, 0.15) is 53.9 Å². The summed E-state index contributed by atoms with van der Waals surface area (Å²) in [5, 5.41) is 10.0. The highest BCUT2D eigenvalue weighted by Gasteiger charge is 2.74. The second kappa shape index (κ2) is 5.57. The number of esters is 1. The maximum atomic E-state index is 14.5. The zero-order valence-electron chi connectivity index (χ0n) is 13.9. The predicted molar refractivity (Wildman–Crippen MR) is 72.9 cm³/mol. The van der Waals surface area contributed by atoms with Crippen molar-refractivity contribution in [2.45, 2.75) is 77.7 Å². The average molecular weight is 346 g/mol. The summed E-state index contributed by atoms with van der Waals surface area (Å²) in [6.07, 6.45) is -9.24. The summed E-state index contributed by atoms with van der Waals surface area (Å²) in [6, 6.07) is 0. The van der Waals surface area contributed by atoms with Crippen molar-refractivity contribution in [3.8, 4) is 0 Å². The number of ether oxygens (including phenoxy) is 1. The van der Waals surface area contributed by atoms with Crippen molar-refractivity contribution in [2.75, 3.05) is 0 Å². The Kier molecular flexibility index (Phi) is 4.87. The summed E-state index contributed by atoms with van der Waals surface area (Å²) in [7, 11) is 0. The maximum Gasteiger partial charge on any atom is 0.400 e. The van der Waals surface area contributed by atoms with Gasteiger partial charge in [0.15, 0.2) is 6.10 Å². The molecule has 0 aromatic rings. The fraction of sp³-hybridized carbons (Fsp3) is 0.933. The van der Waals surface area contributed by atoms with Gasteiger partial charge in [-0.25, -0.2) is 8.78 Å². The van der Waals surface area contributed by atoms with Gasteiger partial charge in [-0.1, -0.05) is 6.92 Å². The first kappa shape index (κ1) is 20.1. The molecule has 3 nitrogen and oxygen atoms in total. The molecule has 0 bridgehead atoms. The van der Waals surface area contributed by atoms with Crippen LogP contribution in [-0.2, 0) is 9.53 Å². The lowest BCUT2D eigenvalue weighted by Crippen LogP contribution is -2.65. The molecule has 1 rings (SSSR count). The SMILES string of the molecule is CCC(C)(C)C(=O)OC1CC(C)(O)CC(C)(C(F)(F)F)C1(F)F. The minimum absolute atomic E-state index is 0.275. The van der Waals surface area contributed by atoms with E-state index in [0.29, 0.717) is 6.92 Å². The maximum absolute atomic E-state index is 14.5. The predicted octanol–water partition coefficient (Wildman–Crippen LogP) is 4.08. The van der Waals surface area contributed by atoms with E-state index >= 15 is 0 Å². The van der Waals surface area contributed by atoms with Crippen molar-refractivity contribution >= 4 is 5.97 Å². The van der Waals surface area contributed by atoms with Crippen molar-refractivity contribution in [2.24, 2.45) is 10.8 Å². The summed E-state index contributed by atoms with van der Waals surface area (Å²) in [5.74, 6) is -5.35. The van der Waals surface area contributed by atoms with Gasteiger partial charge in [-0.3, -0.25) is 4.79 Å². The second-order valence-corrected chi connectivity index (χ2v) is 7.46. The molecular weight excluding hydrogens is 323 g/mol. The largest absolute Gasteiger partial charge is 0.455 e. The van der Waals surface area contributed by atoms with Crippen molar-refractivity contribution in [3.63, 3.8) is 0 Å². The van der Waals surface area contributed by atoms with E-state index in [4.69, 9.17) is 4.74 Å². The van der Waals surface area contributed by atoms with Gasteiger partial charge in [0.2, 0.25) is 0 Å². The Hall–Kier alpha value is -0.920. The van der Waals surface area contributed by atoms with Gasteiger partial charge in [0.1, 0.15) is 5.41 Å². The molecule has 1 aliphatic rings. The summed E-state index contributed by atoms with van der Waals surface area (Å²) in [6.45, 7) is 5.94. The van der Waals surface area contributed by atoms with Gasteiger partial charge in [0.05, 0.1) is 11.0 Å². The van der Waals surface area contributed by atoms with Crippen molar-refractivity contribution < 1.29 is 36.6 Å². The van der Waals surface area contributed by atoms with Crippen LogP contribution in [0.2, 0.25) is 0 Å². The third-order valence-electron chi connectivity index (χ3n) is 4.81. The Bertz CT molecular complexity index is 470. The first-order valence-electron chi connectivity index (χ1n) is 7.38. The molecule has 1 N–H and O–H groups in total. The number of aliphatic hydroxyl groups is 1. The van der Waals surface area contributed by atoms with Gasteiger partial charge >= 0.3 is 12.1 Å². The van der Waals surface area contributed by atoms with Crippen LogP contribution in [0.5, 0.6) is 0 Å². The van der Waals surface area contributed by atoms with Gasteiger partial charge in [0.25, 0.3) is 5.92 Å². The number of halogens is 5. The molecule has 0 aromatic heterocycles. The van der Waals surface area contributed by atoms with Crippen LogP contribution in [0.3, 0.4) is 0 Å². The summed E-state index contributed by atoms with van der Waals surface area (Å²) < 4.78 is 73.5. The highest BCUT2D eigenvalue weighted by atomic mass is 19.4. The van der Waals surface area contributed by atoms with Gasteiger partial charge in [-0.15, -0.1) is 0 Å². The highest BCUT2D eigenvalue weighted by Crippen LogP contribution is 2.59. The van der Waals surface area contributed by atoms with Gasteiger partial charge in [0, 0.05) is 6.42 Å². The van der Waals surface area contributed by atoms with E-state index < -0.39 is 53.4 Å². The van der Waals surface area contributed by atoms with Crippen LogP contribution >= 0.6 is 0 Å². The van der Waals surface area contributed by atoms with Crippen LogP contribution in [0.25, 0.3) is 0 Å². The lowest BCUT2D eigenvalue weighted by molar-refractivity contribution is -0.348. The van der Waals surface area contributed by atoms with E-state index in [9.17, 15) is 31.9 Å². The standard InChI is InChI=1S/C15H23F5O3/c1-6-11(2,3)10(21)23-9-7-12(4,22)8-13(5,14(9,16)17)15(18,19)20/h9,22H,6-8H2,1-5H3. The van der Waals surface area contributed by atoms with E-state index in [1.165, 1.54) is 13.8 Å². The third kappa shape index (κ3) is 3.46. The smallest absolute Gasteiger partial charge is 0.400 e. The van der Waals surface area contributed by atoms with Crippen LogP contribution in [0, 0.1) is 10.8 Å². The highest BCUT2D eigenvalue weighted by molar-refractivity contribution is 5.76. The Balaban J connectivity index is 3.24. The van der Waals surface area contributed by atoms with Crippen LogP contribution < -0.4 is 0 Å². The van der Waals surface area contributed by atoms with Crippen LogP contribution in [-0.4, -0.2) is 34.9 Å². The Morgan fingerprint density at radius 3 is 2.13 bits per heavy atom. The summed E-state index contributed by atoms with van der Waals surface area (Å²) >= 11 is 0.